The normalized spacial score (nSPS) is 19.8. The van der Waals surface area contributed by atoms with Crippen molar-refractivity contribution in [2.75, 3.05) is 44.3 Å². The predicted molar refractivity (Wildman–Crippen MR) is 89.0 cm³/mol. The second-order valence-electron chi connectivity index (χ2n) is 5.73. The Morgan fingerprint density at radius 2 is 1.92 bits per heavy atom. The van der Waals surface area contributed by atoms with Crippen molar-refractivity contribution < 1.29 is 14.2 Å². The number of hydrogen-bond acceptors (Lipinski definition) is 7. The van der Waals surface area contributed by atoms with Gasteiger partial charge in [0.2, 0.25) is 0 Å². The average Bonchev–Trinajstić information content (AvgIpc) is 2.67. The van der Waals surface area contributed by atoms with Crippen LogP contribution < -0.4 is 24.4 Å². The van der Waals surface area contributed by atoms with Gasteiger partial charge in [0.25, 0.3) is 5.88 Å². The maximum atomic E-state index is 5.92. The summed E-state index contributed by atoms with van der Waals surface area (Å²) in [5, 5.41) is 3.33. The zero-order chi connectivity index (χ0) is 16.2. The van der Waals surface area contributed by atoms with Gasteiger partial charge in [-0.15, -0.1) is 0 Å². The number of fused-ring (bicyclic) bond motifs is 1. The third-order valence-electron chi connectivity index (χ3n) is 4.04. The highest BCUT2D eigenvalue weighted by Crippen LogP contribution is 2.31. The summed E-state index contributed by atoms with van der Waals surface area (Å²) in [7, 11) is 0. The Morgan fingerprint density at radius 1 is 1.12 bits per heavy atom. The number of anilines is 1. The van der Waals surface area contributed by atoms with Crippen molar-refractivity contribution in [1.29, 1.82) is 0 Å². The molecule has 0 bridgehead atoms. The van der Waals surface area contributed by atoms with E-state index in [4.69, 9.17) is 14.2 Å². The van der Waals surface area contributed by atoms with Gasteiger partial charge in [-0.3, -0.25) is 0 Å². The molecule has 0 saturated carbocycles. The molecule has 7 heteroatoms. The van der Waals surface area contributed by atoms with Crippen LogP contribution in [0.3, 0.4) is 0 Å². The SMILES string of the molecule is c1ccc2c(c1)OC[C@@H](COc1nccnc1N1CCNCC1)O2. The fourth-order valence-electron chi connectivity index (χ4n) is 2.83. The molecule has 126 valence electrons. The summed E-state index contributed by atoms with van der Waals surface area (Å²) in [6.07, 6.45) is 3.17. The van der Waals surface area contributed by atoms with Crippen LogP contribution >= 0.6 is 0 Å². The summed E-state index contributed by atoms with van der Waals surface area (Å²) in [4.78, 5) is 11.0. The zero-order valence-corrected chi connectivity index (χ0v) is 13.4. The van der Waals surface area contributed by atoms with Gasteiger partial charge in [0.05, 0.1) is 0 Å². The van der Waals surface area contributed by atoms with E-state index in [1.807, 2.05) is 24.3 Å². The topological polar surface area (TPSA) is 68.7 Å². The molecule has 4 rings (SSSR count). The van der Waals surface area contributed by atoms with Gasteiger partial charge >= 0.3 is 0 Å². The first-order valence-electron chi connectivity index (χ1n) is 8.18. The third-order valence-corrected chi connectivity index (χ3v) is 4.04. The van der Waals surface area contributed by atoms with Crippen molar-refractivity contribution in [1.82, 2.24) is 15.3 Å². The number of ether oxygens (including phenoxy) is 3. The van der Waals surface area contributed by atoms with Crippen LogP contribution in [0.5, 0.6) is 17.4 Å². The van der Waals surface area contributed by atoms with Crippen LogP contribution in [0.1, 0.15) is 0 Å². The van der Waals surface area contributed by atoms with Gasteiger partial charge in [-0.1, -0.05) is 12.1 Å². The van der Waals surface area contributed by atoms with Crippen LogP contribution in [0.2, 0.25) is 0 Å². The van der Waals surface area contributed by atoms with E-state index in [1.165, 1.54) is 0 Å². The van der Waals surface area contributed by atoms with Gasteiger partial charge in [0.1, 0.15) is 13.2 Å². The van der Waals surface area contributed by atoms with E-state index in [0.717, 1.165) is 43.5 Å². The predicted octanol–water partition coefficient (Wildman–Crippen LogP) is 1.10. The van der Waals surface area contributed by atoms with E-state index in [9.17, 15) is 0 Å². The van der Waals surface area contributed by atoms with E-state index < -0.39 is 0 Å². The highest BCUT2D eigenvalue weighted by Gasteiger charge is 2.23. The Morgan fingerprint density at radius 3 is 2.79 bits per heavy atom. The average molecular weight is 328 g/mol. The van der Waals surface area contributed by atoms with Gasteiger partial charge in [-0.2, -0.15) is 0 Å². The Bertz CT molecular complexity index is 691. The van der Waals surface area contributed by atoms with E-state index in [2.05, 4.69) is 20.2 Å². The summed E-state index contributed by atoms with van der Waals surface area (Å²) in [5.41, 5.74) is 0. The Kier molecular flexibility index (Phi) is 4.33. The summed E-state index contributed by atoms with van der Waals surface area (Å²) < 4.78 is 17.5. The lowest BCUT2D eigenvalue weighted by Gasteiger charge is -2.30. The zero-order valence-electron chi connectivity index (χ0n) is 13.4. The Balaban J connectivity index is 1.41. The molecule has 0 radical (unpaired) electrons. The van der Waals surface area contributed by atoms with Gasteiger partial charge in [0.15, 0.2) is 23.4 Å². The fourth-order valence-corrected chi connectivity index (χ4v) is 2.83. The highest BCUT2D eigenvalue weighted by atomic mass is 16.6. The van der Waals surface area contributed by atoms with Crippen molar-refractivity contribution in [2.24, 2.45) is 0 Å². The summed E-state index contributed by atoms with van der Waals surface area (Å²) in [6, 6.07) is 7.66. The van der Waals surface area contributed by atoms with Crippen LogP contribution in [0, 0.1) is 0 Å². The lowest BCUT2D eigenvalue weighted by Crippen LogP contribution is -2.44. The van der Waals surface area contributed by atoms with Crippen LogP contribution in [-0.2, 0) is 0 Å². The number of nitrogens with zero attached hydrogens (tertiary/aromatic N) is 3. The molecule has 0 unspecified atom stereocenters. The molecule has 0 spiro atoms. The maximum absolute atomic E-state index is 5.92. The van der Waals surface area contributed by atoms with Gasteiger partial charge < -0.3 is 24.4 Å². The molecule has 1 fully saturated rings. The molecule has 1 saturated heterocycles. The summed E-state index contributed by atoms with van der Waals surface area (Å²) >= 11 is 0. The molecule has 2 aliphatic heterocycles. The standard InChI is InChI=1S/C17H20N4O3/c1-2-4-15-14(3-1)22-11-13(24-15)12-23-17-16(19-5-6-20-17)21-9-7-18-8-10-21/h1-6,13,18H,7-12H2/t13-/m0/s1. The van der Waals surface area contributed by atoms with Gasteiger partial charge in [0, 0.05) is 38.6 Å². The van der Waals surface area contributed by atoms with Crippen LogP contribution in [0.15, 0.2) is 36.7 Å². The second kappa shape index (κ2) is 6.92. The lowest BCUT2D eigenvalue weighted by atomic mass is 10.3. The number of nitrogens with one attached hydrogen (secondary N) is 1. The molecule has 0 amide bonds. The molecule has 1 atom stereocenters. The Hall–Kier alpha value is -2.54. The number of hydrogen-bond donors (Lipinski definition) is 1. The van der Waals surface area contributed by atoms with E-state index >= 15 is 0 Å². The number of benzene rings is 1. The minimum Gasteiger partial charge on any atom is -0.486 e. The molecule has 7 nitrogen and oxygen atoms in total. The van der Waals surface area contributed by atoms with Gasteiger partial charge in [-0.05, 0) is 12.1 Å². The third kappa shape index (κ3) is 3.21. The maximum Gasteiger partial charge on any atom is 0.257 e. The molecule has 2 aliphatic rings. The molecule has 1 aromatic heterocycles. The van der Waals surface area contributed by atoms with E-state index in [-0.39, 0.29) is 6.10 Å². The van der Waals surface area contributed by atoms with Crippen LogP contribution in [-0.4, -0.2) is 55.5 Å². The van der Waals surface area contributed by atoms with Crippen molar-refractivity contribution in [3.05, 3.63) is 36.7 Å². The monoisotopic (exact) mass is 328 g/mol. The minimum absolute atomic E-state index is 0.169. The number of rotatable bonds is 4. The molecule has 0 aliphatic carbocycles. The van der Waals surface area contributed by atoms with E-state index in [0.29, 0.717) is 19.1 Å². The molecular weight excluding hydrogens is 308 g/mol. The molecule has 2 aromatic rings. The minimum atomic E-state index is -0.169. The number of aromatic nitrogens is 2. The lowest BCUT2D eigenvalue weighted by molar-refractivity contribution is 0.0522. The first-order valence-corrected chi connectivity index (χ1v) is 8.18. The van der Waals surface area contributed by atoms with Crippen molar-refractivity contribution in [3.63, 3.8) is 0 Å². The first kappa shape index (κ1) is 15.0. The number of para-hydroxylation sites is 2. The van der Waals surface area contributed by atoms with Gasteiger partial charge in [-0.25, -0.2) is 9.97 Å². The number of piperazine rings is 1. The fraction of sp³-hybridized carbons (Fsp3) is 0.412. The Labute approximate surface area is 140 Å². The highest BCUT2D eigenvalue weighted by molar-refractivity contribution is 5.48. The van der Waals surface area contributed by atoms with Crippen LogP contribution in [0.4, 0.5) is 5.82 Å². The quantitative estimate of drug-likeness (QED) is 0.901. The van der Waals surface area contributed by atoms with E-state index in [1.54, 1.807) is 12.4 Å². The summed E-state index contributed by atoms with van der Waals surface area (Å²) in [5.74, 6) is 2.85. The molecular formula is C17H20N4O3. The summed E-state index contributed by atoms with van der Waals surface area (Å²) in [6.45, 7) is 4.49. The molecule has 1 aromatic carbocycles. The molecule has 1 N–H and O–H groups in total. The van der Waals surface area contributed by atoms with Crippen molar-refractivity contribution in [2.45, 2.75) is 6.10 Å². The van der Waals surface area contributed by atoms with Crippen molar-refractivity contribution in [3.8, 4) is 17.4 Å². The molecule has 24 heavy (non-hydrogen) atoms. The van der Waals surface area contributed by atoms with Crippen LogP contribution in [0.25, 0.3) is 0 Å². The second-order valence-corrected chi connectivity index (χ2v) is 5.73. The first-order chi connectivity index (χ1) is 11.9. The smallest absolute Gasteiger partial charge is 0.257 e. The van der Waals surface area contributed by atoms with Crippen molar-refractivity contribution >= 4 is 5.82 Å². The molecule has 3 heterocycles. The largest absolute Gasteiger partial charge is 0.486 e.